The van der Waals surface area contributed by atoms with Crippen LogP contribution in [0.2, 0.25) is 0 Å². The number of nitrogens with one attached hydrogen (secondary N) is 2. The Morgan fingerprint density at radius 2 is 2.04 bits per heavy atom. The molecule has 1 aliphatic carbocycles. The monoisotopic (exact) mass is 381 g/mol. The number of nitrogens with two attached hydrogens (primary N) is 1. The highest BCUT2D eigenvalue weighted by Gasteiger charge is 2.08. The number of nitrogens with zero attached hydrogens (tertiary/aromatic N) is 2. The molecule has 28 heavy (non-hydrogen) atoms. The molecular weight excluding hydrogens is 350 g/mol. The van der Waals surface area contributed by atoms with Gasteiger partial charge < -0.3 is 20.8 Å². The third-order valence-electron chi connectivity index (χ3n) is 4.94. The summed E-state index contributed by atoms with van der Waals surface area (Å²) in [6, 6.07) is 10.1. The maximum atomic E-state index is 5.44. The Morgan fingerprint density at radius 1 is 1.14 bits per heavy atom. The molecule has 6 heteroatoms. The highest BCUT2D eigenvalue weighted by Crippen LogP contribution is 2.22. The van der Waals surface area contributed by atoms with Gasteiger partial charge in [0.25, 0.3) is 0 Å². The van der Waals surface area contributed by atoms with Gasteiger partial charge in [0, 0.05) is 11.9 Å². The van der Waals surface area contributed by atoms with E-state index in [1.54, 1.807) is 7.11 Å². The minimum absolute atomic E-state index is 0.738. The van der Waals surface area contributed by atoms with Gasteiger partial charge in [-0.25, -0.2) is 4.98 Å². The summed E-state index contributed by atoms with van der Waals surface area (Å²) in [6.45, 7) is 2.46. The molecule has 3 aromatic rings. The molecule has 6 nitrogen and oxygen atoms in total. The van der Waals surface area contributed by atoms with Gasteiger partial charge in [0.2, 0.25) is 0 Å². The summed E-state index contributed by atoms with van der Waals surface area (Å²) >= 11 is 0. The van der Waals surface area contributed by atoms with Gasteiger partial charge in [-0.1, -0.05) is 12.1 Å². The van der Waals surface area contributed by atoms with Crippen LogP contribution in [-0.4, -0.2) is 35.2 Å². The van der Waals surface area contributed by atoms with Crippen molar-refractivity contribution in [2.75, 3.05) is 20.2 Å². The molecule has 0 saturated heterocycles. The molecule has 4 rings (SSSR count). The number of rotatable bonds is 7. The number of hydrogen-bond acceptors (Lipinski definition) is 5. The largest absolute Gasteiger partial charge is 0.494 e. The number of para-hydroxylation sites is 1. The van der Waals surface area contributed by atoms with E-state index in [0.717, 1.165) is 55.1 Å². The summed E-state index contributed by atoms with van der Waals surface area (Å²) in [6.07, 6.45) is 9.15. The fourth-order valence-electron chi connectivity index (χ4n) is 3.44. The van der Waals surface area contributed by atoms with E-state index in [0.29, 0.717) is 0 Å². The zero-order valence-electron chi connectivity index (χ0n) is 16.7. The highest BCUT2D eigenvalue weighted by molar-refractivity contribution is 5.81. The topological polar surface area (TPSA) is 88.8 Å². The minimum Gasteiger partial charge on any atom is -0.494 e. The number of aromatic nitrogens is 3. The molecule has 0 atom stereocenters. The average molecular weight is 382 g/mol. The van der Waals surface area contributed by atoms with Gasteiger partial charge in [0.1, 0.15) is 17.1 Å². The lowest BCUT2D eigenvalue weighted by Crippen LogP contribution is -2.16. The lowest BCUT2D eigenvalue weighted by Gasteiger charge is -2.12. The minimum atomic E-state index is 0.738. The van der Waals surface area contributed by atoms with E-state index in [1.165, 1.54) is 36.9 Å². The predicted octanol–water partition coefficient (Wildman–Crippen LogP) is 3.36. The van der Waals surface area contributed by atoms with Crippen molar-refractivity contribution in [3.05, 3.63) is 53.6 Å². The van der Waals surface area contributed by atoms with E-state index in [-0.39, 0.29) is 0 Å². The molecule has 0 fully saturated rings. The number of pyridine rings is 1. The SMILES string of the molecule is COc1cccc2[nH]c(CNCCCCN)nc12.c1cnc2c(c1)CCCC2. The highest BCUT2D eigenvalue weighted by atomic mass is 16.5. The van der Waals surface area contributed by atoms with E-state index < -0.39 is 0 Å². The fraction of sp³-hybridized carbons (Fsp3) is 0.455. The van der Waals surface area contributed by atoms with E-state index in [2.05, 4.69) is 26.3 Å². The van der Waals surface area contributed by atoms with Crippen molar-refractivity contribution in [2.24, 2.45) is 5.73 Å². The number of hydrogen-bond donors (Lipinski definition) is 3. The van der Waals surface area contributed by atoms with Crippen molar-refractivity contribution in [1.29, 1.82) is 0 Å². The maximum absolute atomic E-state index is 5.44. The Morgan fingerprint density at radius 3 is 2.86 bits per heavy atom. The number of unbranched alkanes of at least 4 members (excludes halogenated alkanes) is 1. The van der Waals surface area contributed by atoms with Gasteiger partial charge in [-0.05, 0) is 75.4 Å². The van der Waals surface area contributed by atoms with Crippen LogP contribution >= 0.6 is 0 Å². The lowest BCUT2D eigenvalue weighted by atomic mass is 9.96. The Kier molecular flexibility index (Phi) is 7.82. The van der Waals surface area contributed by atoms with E-state index in [4.69, 9.17) is 10.5 Å². The van der Waals surface area contributed by atoms with Crippen molar-refractivity contribution in [2.45, 2.75) is 45.1 Å². The summed E-state index contributed by atoms with van der Waals surface area (Å²) < 4.78 is 5.28. The molecule has 4 N–H and O–H groups in total. The van der Waals surface area contributed by atoms with Gasteiger partial charge in [-0.2, -0.15) is 0 Å². The molecule has 0 spiro atoms. The summed E-state index contributed by atoms with van der Waals surface area (Å²) in [5, 5.41) is 3.34. The Hall–Kier alpha value is -2.44. The second-order valence-electron chi connectivity index (χ2n) is 7.03. The van der Waals surface area contributed by atoms with Crippen LogP contribution in [-0.2, 0) is 19.4 Å². The predicted molar refractivity (Wildman–Crippen MR) is 114 cm³/mol. The van der Waals surface area contributed by atoms with Crippen LogP contribution in [0, 0.1) is 0 Å². The second-order valence-corrected chi connectivity index (χ2v) is 7.03. The first kappa shape index (κ1) is 20.3. The number of fused-ring (bicyclic) bond motifs is 2. The molecule has 1 aliphatic rings. The zero-order valence-corrected chi connectivity index (χ0v) is 16.7. The quantitative estimate of drug-likeness (QED) is 0.546. The molecule has 0 amide bonds. The van der Waals surface area contributed by atoms with Gasteiger partial charge in [-0.3, -0.25) is 4.98 Å². The van der Waals surface area contributed by atoms with Gasteiger partial charge in [0.15, 0.2) is 0 Å². The molecule has 150 valence electrons. The van der Waals surface area contributed by atoms with Gasteiger partial charge >= 0.3 is 0 Å². The Bertz CT molecular complexity index is 836. The van der Waals surface area contributed by atoms with Crippen LogP contribution in [0.3, 0.4) is 0 Å². The number of imidazole rings is 1. The van der Waals surface area contributed by atoms with Crippen LogP contribution in [0.5, 0.6) is 5.75 Å². The number of ether oxygens (including phenoxy) is 1. The maximum Gasteiger partial charge on any atom is 0.146 e. The standard InChI is InChI=1S/C13H20N4O.C9H11N/c1-18-11-6-4-5-10-13(11)17-12(16-10)9-15-8-3-2-7-14;1-2-6-9-8(4-1)5-3-7-10-9/h4-6,15H,2-3,7-9,14H2,1H3,(H,16,17);3,5,7H,1-2,4,6H2. The zero-order chi connectivity index (χ0) is 19.6. The van der Waals surface area contributed by atoms with Crippen molar-refractivity contribution in [1.82, 2.24) is 20.3 Å². The van der Waals surface area contributed by atoms with Crippen molar-refractivity contribution in [3.8, 4) is 5.75 Å². The van der Waals surface area contributed by atoms with E-state index in [1.807, 2.05) is 30.5 Å². The molecule has 1 aromatic carbocycles. The molecular formula is C22H31N5O. The second kappa shape index (κ2) is 10.8. The Labute approximate surface area is 166 Å². The molecule has 0 bridgehead atoms. The van der Waals surface area contributed by atoms with E-state index in [9.17, 15) is 0 Å². The summed E-state index contributed by atoms with van der Waals surface area (Å²) in [4.78, 5) is 12.1. The van der Waals surface area contributed by atoms with Crippen LogP contribution in [0.4, 0.5) is 0 Å². The summed E-state index contributed by atoms with van der Waals surface area (Å²) in [5.74, 6) is 1.74. The first-order valence-electron chi connectivity index (χ1n) is 10.2. The molecule has 0 unspecified atom stereocenters. The lowest BCUT2D eigenvalue weighted by molar-refractivity contribution is 0.419. The number of aromatic amines is 1. The first-order valence-corrected chi connectivity index (χ1v) is 10.2. The Balaban J connectivity index is 0.000000188. The van der Waals surface area contributed by atoms with Crippen LogP contribution in [0.25, 0.3) is 11.0 Å². The average Bonchev–Trinajstić information content (AvgIpc) is 3.17. The fourth-order valence-corrected chi connectivity index (χ4v) is 3.44. The summed E-state index contributed by atoms with van der Waals surface area (Å²) in [5.41, 5.74) is 10.1. The molecule has 2 heterocycles. The van der Waals surface area contributed by atoms with Gasteiger partial charge in [0.05, 0.1) is 19.2 Å². The number of aryl methyl sites for hydroxylation is 2. The molecule has 0 aliphatic heterocycles. The molecule has 0 saturated carbocycles. The van der Waals surface area contributed by atoms with E-state index >= 15 is 0 Å². The van der Waals surface area contributed by atoms with Crippen molar-refractivity contribution < 1.29 is 4.74 Å². The smallest absolute Gasteiger partial charge is 0.146 e. The van der Waals surface area contributed by atoms with Crippen LogP contribution in [0.1, 0.15) is 42.8 Å². The third-order valence-corrected chi connectivity index (χ3v) is 4.94. The number of methoxy groups -OCH3 is 1. The normalized spacial score (nSPS) is 12.9. The molecule has 2 aromatic heterocycles. The van der Waals surface area contributed by atoms with Crippen molar-refractivity contribution in [3.63, 3.8) is 0 Å². The van der Waals surface area contributed by atoms with Gasteiger partial charge in [-0.15, -0.1) is 0 Å². The number of benzene rings is 1. The van der Waals surface area contributed by atoms with Crippen molar-refractivity contribution >= 4 is 11.0 Å². The number of H-pyrrole nitrogens is 1. The van der Waals surface area contributed by atoms with Crippen LogP contribution in [0.15, 0.2) is 36.5 Å². The molecule has 0 radical (unpaired) electrons. The third kappa shape index (κ3) is 5.53. The first-order chi connectivity index (χ1) is 13.8. The summed E-state index contributed by atoms with van der Waals surface area (Å²) in [7, 11) is 1.66. The van der Waals surface area contributed by atoms with Crippen LogP contribution < -0.4 is 15.8 Å².